The van der Waals surface area contributed by atoms with Crippen LogP contribution in [0.3, 0.4) is 0 Å². The Kier molecular flexibility index (Phi) is 4.72. The van der Waals surface area contributed by atoms with Gasteiger partial charge < -0.3 is 10.2 Å². The second-order valence-corrected chi connectivity index (χ2v) is 8.00. The zero-order chi connectivity index (χ0) is 20.9. The van der Waals surface area contributed by atoms with Gasteiger partial charge in [0.05, 0.1) is 4.90 Å². The second kappa shape index (κ2) is 6.64. The Morgan fingerprint density at radius 2 is 1.75 bits per heavy atom. The van der Waals surface area contributed by atoms with Crippen LogP contribution in [-0.2, 0) is 10.0 Å². The molecule has 1 unspecified atom stereocenters. The third-order valence-corrected chi connectivity index (χ3v) is 6.13. The van der Waals surface area contributed by atoms with Gasteiger partial charge in [0, 0.05) is 18.2 Å². The van der Waals surface area contributed by atoms with Gasteiger partial charge in [-0.25, -0.2) is 8.42 Å². The SMILES string of the molecule is CN1C(=C(O)c2cccc(C(O)C(F)(F)F)c2)C(=O)c2ccccc2S1(=O)=O. The molecule has 2 aromatic carbocycles. The molecule has 0 amide bonds. The van der Waals surface area contributed by atoms with Gasteiger partial charge in [0.1, 0.15) is 5.70 Å². The Bertz CT molecular complexity index is 1090. The van der Waals surface area contributed by atoms with Crippen molar-refractivity contribution >= 4 is 21.6 Å². The molecule has 0 saturated heterocycles. The van der Waals surface area contributed by atoms with Crippen LogP contribution < -0.4 is 0 Å². The molecule has 10 heteroatoms. The average Bonchev–Trinajstić information content (AvgIpc) is 2.65. The third kappa shape index (κ3) is 3.14. The van der Waals surface area contributed by atoms with E-state index >= 15 is 0 Å². The summed E-state index contributed by atoms with van der Waals surface area (Å²) < 4.78 is 64.1. The van der Waals surface area contributed by atoms with Gasteiger partial charge in [-0.3, -0.25) is 9.10 Å². The third-order valence-electron chi connectivity index (χ3n) is 4.31. The summed E-state index contributed by atoms with van der Waals surface area (Å²) in [6.07, 6.45) is -7.73. The van der Waals surface area contributed by atoms with Crippen LogP contribution in [0.4, 0.5) is 13.2 Å². The zero-order valence-corrected chi connectivity index (χ0v) is 15.1. The Balaban J connectivity index is 2.18. The van der Waals surface area contributed by atoms with Crippen LogP contribution in [0, 0.1) is 0 Å². The van der Waals surface area contributed by atoms with E-state index in [1.165, 1.54) is 30.3 Å². The van der Waals surface area contributed by atoms with E-state index in [2.05, 4.69) is 0 Å². The number of benzene rings is 2. The minimum absolute atomic E-state index is 0.159. The van der Waals surface area contributed by atoms with Crippen LogP contribution in [-0.4, -0.2) is 41.9 Å². The van der Waals surface area contributed by atoms with Gasteiger partial charge >= 0.3 is 6.18 Å². The van der Waals surface area contributed by atoms with E-state index in [9.17, 15) is 36.6 Å². The van der Waals surface area contributed by atoms with E-state index < -0.39 is 45.1 Å². The first kappa shape index (κ1) is 19.9. The van der Waals surface area contributed by atoms with E-state index in [1.807, 2.05) is 0 Å². The van der Waals surface area contributed by atoms with Gasteiger partial charge in [0.15, 0.2) is 11.9 Å². The number of ketones is 1. The highest BCUT2D eigenvalue weighted by molar-refractivity contribution is 7.89. The lowest BCUT2D eigenvalue weighted by molar-refractivity contribution is -0.206. The molecule has 3 rings (SSSR count). The van der Waals surface area contributed by atoms with Crippen molar-refractivity contribution in [2.45, 2.75) is 17.2 Å². The maximum Gasteiger partial charge on any atom is 0.418 e. The van der Waals surface area contributed by atoms with Crippen molar-refractivity contribution < 1.29 is 36.6 Å². The standard InChI is InChI=1S/C18H14F3NO5S/c1-22-14(16(24)12-7-2-3-8-13(12)28(22,26)27)15(23)10-5-4-6-11(9-10)17(25)18(19,20)21/h2-9,17,23,25H,1H3. The molecule has 0 aliphatic carbocycles. The lowest BCUT2D eigenvalue weighted by Crippen LogP contribution is -2.37. The molecule has 148 valence electrons. The molecule has 1 heterocycles. The molecule has 0 radical (unpaired) electrons. The fourth-order valence-electron chi connectivity index (χ4n) is 2.86. The van der Waals surface area contributed by atoms with Crippen molar-refractivity contribution in [1.82, 2.24) is 4.31 Å². The maximum atomic E-state index is 12.8. The second-order valence-electron chi connectivity index (χ2n) is 6.06. The minimum Gasteiger partial charge on any atom is -0.505 e. The van der Waals surface area contributed by atoms with Gasteiger partial charge in [-0.05, 0) is 23.8 Å². The highest BCUT2D eigenvalue weighted by Crippen LogP contribution is 2.36. The summed E-state index contributed by atoms with van der Waals surface area (Å²) in [6.45, 7) is 0. The Morgan fingerprint density at radius 1 is 1.11 bits per heavy atom. The number of Topliss-reactive ketones (excluding diaryl/α,β-unsaturated/α-hetero) is 1. The average molecular weight is 413 g/mol. The van der Waals surface area contributed by atoms with E-state index in [0.717, 1.165) is 25.2 Å². The smallest absolute Gasteiger partial charge is 0.418 e. The zero-order valence-electron chi connectivity index (χ0n) is 14.3. The monoisotopic (exact) mass is 413 g/mol. The number of carbonyl (C=O) groups excluding carboxylic acids is 1. The van der Waals surface area contributed by atoms with Crippen LogP contribution in [0.2, 0.25) is 0 Å². The predicted octanol–water partition coefficient (Wildman–Crippen LogP) is 3.03. The molecule has 28 heavy (non-hydrogen) atoms. The number of likely N-dealkylation sites (N-methyl/N-ethyl adjacent to an activating group) is 1. The van der Waals surface area contributed by atoms with Crippen LogP contribution in [0.1, 0.15) is 27.6 Å². The molecule has 6 nitrogen and oxygen atoms in total. The highest BCUT2D eigenvalue weighted by Gasteiger charge is 2.41. The molecule has 2 N–H and O–H groups in total. The molecule has 0 bridgehead atoms. The summed E-state index contributed by atoms with van der Waals surface area (Å²) in [5.41, 5.74) is -1.57. The predicted molar refractivity (Wildman–Crippen MR) is 92.7 cm³/mol. The summed E-state index contributed by atoms with van der Waals surface area (Å²) in [7, 11) is -3.08. The summed E-state index contributed by atoms with van der Waals surface area (Å²) in [6, 6.07) is 9.59. The number of hydrogen-bond donors (Lipinski definition) is 2. The normalized spacial score (nSPS) is 19.2. The molecule has 0 fully saturated rings. The number of aliphatic hydroxyl groups excluding tert-OH is 2. The first-order chi connectivity index (χ1) is 13.0. The first-order valence-electron chi connectivity index (χ1n) is 7.87. The molecule has 0 aromatic heterocycles. The summed E-state index contributed by atoms with van der Waals surface area (Å²) in [5.74, 6) is -1.62. The topological polar surface area (TPSA) is 94.9 Å². The fraction of sp³-hybridized carbons (Fsp3) is 0.167. The van der Waals surface area contributed by atoms with Crippen molar-refractivity contribution in [2.24, 2.45) is 0 Å². The lowest BCUT2D eigenvalue weighted by Gasteiger charge is -2.28. The van der Waals surface area contributed by atoms with E-state index in [-0.39, 0.29) is 16.0 Å². The lowest BCUT2D eigenvalue weighted by atomic mass is 10.0. The van der Waals surface area contributed by atoms with Crippen molar-refractivity contribution in [3.8, 4) is 0 Å². The number of alkyl halides is 3. The quantitative estimate of drug-likeness (QED) is 0.583. The van der Waals surface area contributed by atoms with Crippen LogP contribution in [0.15, 0.2) is 59.1 Å². The summed E-state index contributed by atoms with van der Waals surface area (Å²) >= 11 is 0. The Hall–Kier alpha value is -2.85. The van der Waals surface area contributed by atoms with Gasteiger partial charge in [0.2, 0.25) is 5.78 Å². The Morgan fingerprint density at radius 3 is 2.39 bits per heavy atom. The highest BCUT2D eigenvalue weighted by atomic mass is 32.2. The minimum atomic E-state index is -4.93. The maximum absolute atomic E-state index is 12.8. The number of carbonyl (C=O) groups is 1. The van der Waals surface area contributed by atoms with E-state index in [1.54, 1.807) is 0 Å². The van der Waals surface area contributed by atoms with Crippen molar-refractivity contribution in [3.63, 3.8) is 0 Å². The number of aliphatic hydroxyl groups is 2. The molecule has 1 atom stereocenters. The molecule has 0 saturated carbocycles. The molecule has 0 spiro atoms. The van der Waals surface area contributed by atoms with Gasteiger partial charge in [-0.1, -0.05) is 30.3 Å². The van der Waals surface area contributed by atoms with Crippen molar-refractivity contribution in [3.05, 3.63) is 70.9 Å². The summed E-state index contributed by atoms with van der Waals surface area (Å²) in [4.78, 5) is 12.5. The van der Waals surface area contributed by atoms with Gasteiger partial charge in [0.25, 0.3) is 10.0 Å². The number of nitrogens with zero attached hydrogens (tertiary/aromatic N) is 1. The van der Waals surface area contributed by atoms with Crippen LogP contribution in [0.5, 0.6) is 0 Å². The largest absolute Gasteiger partial charge is 0.505 e. The number of allylic oxidation sites excluding steroid dienone is 1. The number of sulfonamides is 1. The molecular weight excluding hydrogens is 399 g/mol. The molecular formula is C18H14F3NO5S. The first-order valence-corrected chi connectivity index (χ1v) is 9.31. The van der Waals surface area contributed by atoms with Crippen LogP contribution in [0.25, 0.3) is 5.76 Å². The molecule has 1 aliphatic heterocycles. The number of halogens is 3. The number of rotatable bonds is 2. The fourth-order valence-corrected chi connectivity index (χ4v) is 4.25. The van der Waals surface area contributed by atoms with Gasteiger partial charge in [-0.2, -0.15) is 13.2 Å². The van der Waals surface area contributed by atoms with Gasteiger partial charge in [-0.15, -0.1) is 0 Å². The number of hydrogen-bond acceptors (Lipinski definition) is 5. The molecule has 2 aromatic rings. The molecule has 1 aliphatic rings. The summed E-state index contributed by atoms with van der Waals surface area (Å²) in [5, 5.41) is 19.9. The van der Waals surface area contributed by atoms with Crippen molar-refractivity contribution in [2.75, 3.05) is 7.05 Å². The van der Waals surface area contributed by atoms with Crippen LogP contribution >= 0.6 is 0 Å². The van der Waals surface area contributed by atoms with E-state index in [4.69, 9.17) is 0 Å². The Labute approximate surface area is 158 Å². The van der Waals surface area contributed by atoms with E-state index in [0.29, 0.717) is 4.31 Å². The van der Waals surface area contributed by atoms with Crippen molar-refractivity contribution in [1.29, 1.82) is 0 Å². The number of fused-ring (bicyclic) bond motifs is 1.